The van der Waals surface area contributed by atoms with Gasteiger partial charge in [-0.05, 0) is 43.2 Å². The van der Waals surface area contributed by atoms with Crippen molar-refractivity contribution in [1.29, 1.82) is 0 Å². The standard InChI is InChI=1S/C18H27NO/c1-18(2,12-19-15-10-11-15)13-20-17-9-5-7-14-6-3-4-8-16(14)17/h3-4,6,8,15,17,19H,5,7,9-13H2,1-2H3. The van der Waals surface area contributed by atoms with Gasteiger partial charge in [-0.2, -0.15) is 0 Å². The Labute approximate surface area is 122 Å². The first-order chi connectivity index (χ1) is 9.64. The van der Waals surface area contributed by atoms with Crippen LogP contribution in [0.15, 0.2) is 24.3 Å². The van der Waals surface area contributed by atoms with Crippen LogP contribution < -0.4 is 5.32 Å². The van der Waals surface area contributed by atoms with Crippen LogP contribution in [0.25, 0.3) is 0 Å². The molecule has 1 fully saturated rings. The van der Waals surface area contributed by atoms with Gasteiger partial charge >= 0.3 is 0 Å². The van der Waals surface area contributed by atoms with Crippen molar-refractivity contribution in [2.45, 2.75) is 58.1 Å². The predicted octanol–water partition coefficient (Wildman–Crippen LogP) is 3.86. The molecule has 3 rings (SSSR count). The van der Waals surface area contributed by atoms with Crippen LogP contribution >= 0.6 is 0 Å². The summed E-state index contributed by atoms with van der Waals surface area (Å²) in [6.45, 7) is 6.51. The van der Waals surface area contributed by atoms with Crippen LogP contribution in [0.5, 0.6) is 0 Å². The van der Waals surface area contributed by atoms with Crippen LogP contribution in [0.1, 0.15) is 56.8 Å². The quantitative estimate of drug-likeness (QED) is 0.850. The highest BCUT2D eigenvalue weighted by molar-refractivity contribution is 5.31. The number of benzene rings is 1. The lowest BCUT2D eigenvalue weighted by Crippen LogP contribution is -2.35. The van der Waals surface area contributed by atoms with E-state index in [0.29, 0.717) is 6.10 Å². The Balaban J connectivity index is 1.55. The molecule has 0 aliphatic heterocycles. The van der Waals surface area contributed by atoms with E-state index < -0.39 is 0 Å². The summed E-state index contributed by atoms with van der Waals surface area (Å²) in [5.74, 6) is 0. The maximum absolute atomic E-state index is 6.29. The summed E-state index contributed by atoms with van der Waals surface area (Å²) in [6.07, 6.45) is 6.65. The van der Waals surface area contributed by atoms with E-state index in [1.165, 1.54) is 43.2 Å². The van der Waals surface area contributed by atoms with Crippen LogP contribution in [-0.2, 0) is 11.2 Å². The zero-order valence-corrected chi connectivity index (χ0v) is 12.8. The lowest BCUT2D eigenvalue weighted by atomic mass is 9.89. The number of ether oxygens (including phenoxy) is 1. The molecular formula is C18H27NO. The second-order valence-corrected chi connectivity index (χ2v) is 7.21. The zero-order valence-electron chi connectivity index (χ0n) is 12.8. The Morgan fingerprint density at radius 2 is 2.00 bits per heavy atom. The van der Waals surface area contributed by atoms with Crippen LogP contribution in [0.2, 0.25) is 0 Å². The topological polar surface area (TPSA) is 21.3 Å². The molecule has 1 N–H and O–H groups in total. The van der Waals surface area contributed by atoms with E-state index in [1.54, 1.807) is 0 Å². The third kappa shape index (κ3) is 3.62. The molecule has 20 heavy (non-hydrogen) atoms. The summed E-state index contributed by atoms with van der Waals surface area (Å²) in [5, 5.41) is 3.62. The Hall–Kier alpha value is -0.860. The van der Waals surface area contributed by atoms with E-state index in [9.17, 15) is 0 Å². The second-order valence-electron chi connectivity index (χ2n) is 7.21. The average Bonchev–Trinajstić information content (AvgIpc) is 3.27. The molecule has 1 saturated carbocycles. The highest BCUT2D eigenvalue weighted by Gasteiger charge is 2.27. The fraction of sp³-hybridized carbons (Fsp3) is 0.667. The number of rotatable bonds is 6. The fourth-order valence-electron chi connectivity index (χ4n) is 2.97. The maximum Gasteiger partial charge on any atom is 0.0828 e. The lowest BCUT2D eigenvalue weighted by Gasteiger charge is -2.31. The number of hydrogen-bond donors (Lipinski definition) is 1. The molecule has 1 unspecified atom stereocenters. The Morgan fingerprint density at radius 1 is 1.20 bits per heavy atom. The molecule has 0 aromatic heterocycles. The molecule has 0 radical (unpaired) electrons. The van der Waals surface area contributed by atoms with Gasteiger partial charge in [0.2, 0.25) is 0 Å². The van der Waals surface area contributed by atoms with Gasteiger partial charge < -0.3 is 10.1 Å². The van der Waals surface area contributed by atoms with Gasteiger partial charge in [-0.15, -0.1) is 0 Å². The molecule has 0 bridgehead atoms. The number of fused-ring (bicyclic) bond motifs is 1. The van der Waals surface area contributed by atoms with Crippen molar-refractivity contribution in [2.75, 3.05) is 13.2 Å². The second kappa shape index (κ2) is 5.87. The molecule has 110 valence electrons. The Morgan fingerprint density at radius 3 is 2.80 bits per heavy atom. The summed E-state index contributed by atoms with van der Waals surface area (Å²) in [4.78, 5) is 0. The van der Waals surface area contributed by atoms with Gasteiger partial charge in [0.25, 0.3) is 0 Å². The summed E-state index contributed by atoms with van der Waals surface area (Å²) in [5.41, 5.74) is 3.12. The molecular weight excluding hydrogens is 246 g/mol. The van der Waals surface area contributed by atoms with Crippen molar-refractivity contribution in [1.82, 2.24) is 5.32 Å². The van der Waals surface area contributed by atoms with Gasteiger partial charge in [-0.25, -0.2) is 0 Å². The smallest absolute Gasteiger partial charge is 0.0828 e. The third-order valence-corrected chi connectivity index (χ3v) is 4.44. The number of hydrogen-bond acceptors (Lipinski definition) is 2. The first kappa shape index (κ1) is 14.1. The molecule has 2 nitrogen and oxygen atoms in total. The third-order valence-electron chi connectivity index (χ3n) is 4.44. The van der Waals surface area contributed by atoms with Gasteiger partial charge in [0.15, 0.2) is 0 Å². The summed E-state index contributed by atoms with van der Waals surface area (Å²) < 4.78 is 6.29. The van der Waals surface area contributed by atoms with Crippen LogP contribution in [0, 0.1) is 5.41 Å². The minimum atomic E-state index is 0.217. The van der Waals surface area contributed by atoms with Gasteiger partial charge in [0, 0.05) is 18.0 Å². The highest BCUT2D eigenvalue weighted by Crippen LogP contribution is 2.33. The Kier molecular flexibility index (Phi) is 4.13. The van der Waals surface area contributed by atoms with Crippen molar-refractivity contribution in [3.63, 3.8) is 0 Å². The molecule has 2 aliphatic rings. The van der Waals surface area contributed by atoms with E-state index >= 15 is 0 Å². The molecule has 1 aromatic rings. The average molecular weight is 273 g/mol. The van der Waals surface area contributed by atoms with Crippen molar-refractivity contribution >= 4 is 0 Å². The number of aryl methyl sites for hydroxylation is 1. The fourth-order valence-corrected chi connectivity index (χ4v) is 2.97. The molecule has 2 aliphatic carbocycles. The van der Waals surface area contributed by atoms with Crippen molar-refractivity contribution in [3.05, 3.63) is 35.4 Å². The SMILES string of the molecule is CC(C)(CNC1CC1)COC1CCCc2ccccc21. The molecule has 2 heteroatoms. The van der Waals surface area contributed by atoms with Crippen LogP contribution in [0.4, 0.5) is 0 Å². The van der Waals surface area contributed by atoms with Crippen molar-refractivity contribution < 1.29 is 4.74 Å². The van der Waals surface area contributed by atoms with Gasteiger partial charge in [-0.1, -0.05) is 38.1 Å². The number of nitrogens with one attached hydrogen (secondary N) is 1. The molecule has 0 heterocycles. The summed E-state index contributed by atoms with van der Waals surface area (Å²) >= 11 is 0. The van der Waals surface area contributed by atoms with Gasteiger partial charge in [0.1, 0.15) is 0 Å². The van der Waals surface area contributed by atoms with Crippen LogP contribution in [0.3, 0.4) is 0 Å². The van der Waals surface area contributed by atoms with E-state index in [2.05, 4.69) is 43.4 Å². The maximum atomic E-state index is 6.29. The molecule has 0 spiro atoms. The zero-order chi connectivity index (χ0) is 14.0. The minimum Gasteiger partial charge on any atom is -0.373 e. The van der Waals surface area contributed by atoms with Gasteiger partial charge in [0.05, 0.1) is 12.7 Å². The normalized spacial score (nSPS) is 22.6. The van der Waals surface area contributed by atoms with E-state index in [-0.39, 0.29) is 5.41 Å². The monoisotopic (exact) mass is 273 g/mol. The molecule has 0 saturated heterocycles. The minimum absolute atomic E-state index is 0.217. The Bertz CT molecular complexity index is 450. The predicted molar refractivity (Wildman–Crippen MR) is 82.9 cm³/mol. The first-order valence-electron chi connectivity index (χ1n) is 8.07. The van der Waals surface area contributed by atoms with Crippen molar-refractivity contribution in [2.24, 2.45) is 5.41 Å². The van der Waals surface area contributed by atoms with E-state index in [1.807, 2.05) is 0 Å². The highest BCUT2D eigenvalue weighted by atomic mass is 16.5. The lowest BCUT2D eigenvalue weighted by molar-refractivity contribution is -0.00674. The summed E-state index contributed by atoms with van der Waals surface area (Å²) in [6, 6.07) is 9.56. The van der Waals surface area contributed by atoms with Crippen molar-refractivity contribution in [3.8, 4) is 0 Å². The first-order valence-corrected chi connectivity index (χ1v) is 8.07. The van der Waals surface area contributed by atoms with Crippen LogP contribution in [-0.4, -0.2) is 19.2 Å². The van der Waals surface area contributed by atoms with Gasteiger partial charge in [-0.3, -0.25) is 0 Å². The molecule has 1 atom stereocenters. The molecule has 1 aromatic carbocycles. The van der Waals surface area contributed by atoms with E-state index in [4.69, 9.17) is 4.74 Å². The summed E-state index contributed by atoms with van der Waals surface area (Å²) in [7, 11) is 0. The molecule has 0 amide bonds. The van der Waals surface area contributed by atoms with E-state index in [0.717, 1.165) is 19.2 Å². The largest absolute Gasteiger partial charge is 0.373 e.